The van der Waals surface area contributed by atoms with Crippen LogP contribution >= 0.6 is 11.3 Å². The molecule has 0 saturated heterocycles. The number of anilines is 1. The van der Waals surface area contributed by atoms with E-state index in [9.17, 15) is 4.79 Å². The van der Waals surface area contributed by atoms with Crippen molar-refractivity contribution in [1.29, 1.82) is 0 Å². The van der Waals surface area contributed by atoms with Crippen molar-refractivity contribution in [1.82, 2.24) is 0 Å². The van der Waals surface area contributed by atoms with E-state index in [-0.39, 0.29) is 5.91 Å². The molecule has 0 aliphatic rings. The van der Waals surface area contributed by atoms with Gasteiger partial charge in [0.1, 0.15) is 0 Å². The Morgan fingerprint density at radius 2 is 2.13 bits per heavy atom. The summed E-state index contributed by atoms with van der Waals surface area (Å²) in [5.74, 6) is -0.0432. The van der Waals surface area contributed by atoms with Crippen molar-refractivity contribution in [3.63, 3.8) is 0 Å². The molecule has 1 aromatic carbocycles. The molecule has 76 valence electrons. The van der Waals surface area contributed by atoms with E-state index in [0.29, 0.717) is 0 Å². The van der Waals surface area contributed by atoms with Gasteiger partial charge in [0.25, 0.3) is 0 Å². The van der Waals surface area contributed by atoms with E-state index in [1.165, 1.54) is 11.8 Å². The Morgan fingerprint density at radius 3 is 2.80 bits per heavy atom. The second-order valence-electron chi connectivity index (χ2n) is 3.24. The molecule has 0 atom stereocenters. The highest BCUT2D eigenvalue weighted by Crippen LogP contribution is 2.26. The third kappa shape index (κ3) is 2.44. The van der Waals surface area contributed by atoms with Crippen LogP contribution in [-0.4, -0.2) is 5.91 Å². The van der Waals surface area contributed by atoms with Gasteiger partial charge in [-0.25, -0.2) is 0 Å². The van der Waals surface area contributed by atoms with E-state index in [0.717, 1.165) is 11.3 Å². The van der Waals surface area contributed by atoms with Gasteiger partial charge in [0.2, 0.25) is 5.91 Å². The molecule has 2 nitrogen and oxygen atoms in total. The second-order valence-corrected chi connectivity index (χ2v) is 4.19. The molecule has 1 aromatic heterocycles. The zero-order chi connectivity index (χ0) is 10.7. The molecule has 2 aromatic rings. The second kappa shape index (κ2) is 4.28. The maximum Gasteiger partial charge on any atom is 0.221 e. The van der Waals surface area contributed by atoms with E-state index in [2.05, 4.69) is 11.4 Å². The third-order valence-corrected chi connectivity index (χ3v) is 2.91. The molecule has 0 saturated carbocycles. The minimum atomic E-state index is -0.0432. The number of thiophene rings is 1. The summed E-state index contributed by atoms with van der Waals surface area (Å²) in [5.41, 5.74) is 1.98. The summed E-state index contributed by atoms with van der Waals surface area (Å²) in [5, 5.41) is 4.81. The zero-order valence-electron chi connectivity index (χ0n) is 8.36. The van der Waals surface area contributed by atoms with Crippen molar-refractivity contribution in [2.75, 3.05) is 5.32 Å². The molecule has 1 amide bonds. The number of nitrogens with one attached hydrogen (secondary N) is 1. The summed E-state index contributed by atoms with van der Waals surface area (Å²) < 4.78 is 0. The number of benzene rings is 1. The van der Waals surface area contributed by atoms with Crippen LogP contribution in [0.3, 0.4) is 0 Å². The Balaban J connectivity index is 2.31. The van der Waals surface area contributed by atoms with Crippen molar-refractivity contribution in [3.8, 4) is 10.4 Å². The van der Waals surface area contributed by atoms with Gasteiger partial charge in [-0.05, 0) is 29.1 Å². The molecular formula is C12H11NOS. The molecular weight excluding hydrogens is 206 g/mol. The average Bonchev–Trinajstić information content (AvgIpc) is 2.69. The lowest BCUT2D eigenvalue weighted by atomic mass is 10.1. The van der Waals surface area contributed by atoms with Gasteiger partial charge in [-0.15, -0.1) is 11.3 Å². The molecule has 0 fully saturated rings. The highest BCUT2D eigenvalue weighted by atomic mass is 32.1. The summed E-state index contributed by atoms with van der Waals surface area (Å²) in [4.78, 5) is 12.1. The van der Waals surface area contributed by atoms with E-state index in [1.807, 2.05) is 35.7 Å². The molecule has 0 spiro atoms. The third-order valence-electron chi connectivity index (χ3n) is 1.99. The number of hydrogen-bond acceptors (Lipinski definition) is 2. The van der Waals surface area contributed by atoms with Crippen LogP contribution in [0.15, 0.2) is 41.8 Å². The van der Waals surface area contributed by atoms with Crippen LogP contribution in [0.1, 0.15) is 6.92 Å². The van der Waals surface area contributed by atoms with Crippen LogP contribution in [0, 0.1) is 0 Å². The van der Waals surface area contributed by atoms with Gasteiger partial charge in [-0.1, -0.05) is 18.2 Å². The van der Waals surface area contributed by atoms with E-state index in [1.54, 1.807) is 11.3 Å². The molecule has 15 heavy (non-hydrogen) atoms. The Kier molecular flexibility index (Phi) is 2.83. The molecule has 0 bridgehead atoms. The van der Waals surface area contributed by atoms with Crippen molar-refractivity contribution in [3.05, 3.63) is 41.8 Å². The largest absolute Gasteiger partial charge is 0.326 e. The van der Waals surface area contributed by atoms with Crippen LogP contribution in [0.5, 0.6) is 0 Å². The smallest absolute Gasteiger partial charge is 0.221 e. The molecule has 0 aliphatic heterocycles. The Morgan fingerprint density at radius 1 is 1.27 bits per heavy atom. The topological polar surface area (TPSA) is 29.1 Å². The predicted molar refractivity (Wildman–Crippen MR) is 64.1 cm³/mol. The monoisotopic (exact) mass is 217 g/mol. The van der Waals surface area contributed by atoms with Crippen LogP contribution < -0.4 is 5.32 Å². The van der Waals surface area contributed by atoms with Gasteiger partial charge in [0.05, 0.1) is 0 Å². The average molecular weight is 217 g/mol. The van der Waals surface area contributed by atoms with Crippen LogP contribution in [0.25, 0.3) is 10.4 Å². The maximum absolute atomic E-state index is 10.9. The Bertz CT molecular complexity index is 462. The first-order valence-corrected chi connectivity index (χ1v) is 5.55. The van der Waals surface area contributed by atoms with Gasteiger partial charge in [0.15, 0.2) is 0 Å². The first-order chi connectivity index (χ1) is 7.25. The van der Waals surface area contributed by atoms with Gasteiger partial charge < -0.3 is 5.32 Å². The highest BCUT2D eigenvalue weighted by Gasteiger charge is 2.00. The predicted octanol–water partition coefficient (Wildman–Crippen LogP) is 3.37. The van der Waals surface area contributed by atoms with Gasteiger partial charge in [-0.2, -0.15) is 0 Å². The van der Waals surface area contributed by atoms with Crippen molar-refractivity contribution in [2.45, 2.75) is 6.92 Å². The molecule has 1 heterocycles. The number of amides is 1. The summed E-state index contributed by atoms with van der Waals surface area (Å²) in [6, 6.07) is 11.9. The summed E-state index contributed by atoms with van der Waals surface area (Å²) in [7, 11) is 0. The fourth-order valence-corrected chi connectivity index (χ4v) is 2.12. The number of carbonyl (C=O) groups is 1. The SMILES string of the molecule is CC(=O)Nc1cccc(-c2cccs2)c1. The minimum Gasteiger partial charge on any atom is -0.326 e. The lowest BCUT2D eigenvalue weighted by molar-refractivity contribution is -0.114. The fourth-order valence-electron chi connectivity index (χ4n) is 1.40. The van der Waals surface area contributed by atoms with Crippen molar-refractivity contribution < 1.29 is 4.79 Å². The van der Waals surface area contributed by atoms with Crippen LogP contribution in [0.2, 0.25) is 0 Å². The Hall–Kier alpha value is -1.61. The van der Waals surface area contributed by atoms with Gasteiger partial charge >= 0.3 is 0 Å². The summed E-state index contributed by atoms with van der Waals surface area (Å²) >= 11 is 1.69. The molecule has 0 unspecified atom stereocenters. The zero-order valence-corrected chi connectivity index (χ0v) is 9.17. The lowest BCUT2D eigenvalue weighted by Crippen LogP contribution is -2.05. The minimum absolute atomic E-state index is 0.0432. The van der Waals surface area contributed by atoms with Crippen molar-refractivity contribution in [2.24, 2.45) is 0 Å². The van der Waals surface area contributed by atoms with E-state index in [4.69, 9.17) is 0 Å². The molecule has 0 radical (unpaired) electrons. The summed E-state index contributed by atoms with van der Waals surface area (Å²) in [6.45, 7) is 1.51. The molecule has 3 heteroatoms. The molecule has 0 aliphatic carbocycles. The first kappa shape index (κ1) is 9.93. The van der Waals surface area contributed by atoms with Gasteiger partial charge in [-0.3, -0.25) is 4.79 Å². The fraction of sp³-hybridized carbons (Fsp3) is 0.0833. The van der Waals surface area contributed by atoms with Crippen LogP contribution in [-0.2, 0) is 4.79 Å². The van der Waals surface area contributed by atoms with Crippen molar-refractivity contribution >= 4 is 22.9 Å². The van der Waals surface area contributed by atoms with Crippen LogP contribution in [0.4, 0.5) is 5.69 Å². The standard InChI is InChI=1S/C12H11NOS/c1-9(14)13-11-5-2-4-10(8-11)12-6-3-7-15-12/h2-8H,1H3,(H,13,14). The molecule has 1 N–H and O–H groups in total. The van der Waals surface area contributed by atoms with E-state index >= 15 is 0 Å². The number of hydrogen-bond donors (Lipinski definition) is 1. The molecule has 2 rings (SSSR count). The maximum atomic E-state index is 10.9. The quantitative estimate of drug-likeness (QED) is 0.821. The summed E-state index contributed by atoms with van der Waals surface area (Å²) in [6.07, 6.45) is 0. The van der Waals surface area contributed by atoms with Gasteiger partial charge in [0, 0.05) is 17.5 Å². The highest BCUT2D eigenvalue weighted by molar-refractivity contribution is 7.13. The lowest BCUT2D eigenvalue weighted by Gasteiger charge is -2.03. The first-order valence-electron chi connectivity index (χ1n) is 4.67. The number of carbonyl (C=O) groups excluding carboxylic acids is 1. The van der Waals surface area contributed by atoms with E-state index < -0.39 is 0 Å². The Labute approximate surface area is 92.6 Å². The normalized spacial score (nSPS) is 9.93. The number of rotatable bonds is 2.